The molecule has 10 nitrogen and oxygen atoms in total. The van der Waals surface area contributed by atoms with Gasteiger partial charge in [-0.05, 0) is 50.2 Å². The summed E-state index contributed by atoms with van der Waals surface area (Å²) in [4.78, 5) is 36.7. The van der Waals surface area contributed by atoms with Crippen LogP contribution in [0.5, 0.6) is 0 Å². The average Bonchev–Trinajstić information content (AvgIpc) is 3.31. The number of anilines is 2. The molecule has 212 valence electrons. The van der Waals surface area contributed by atoms with Gasteiger partial charge in [0.2, 0.25) is 17.8 Å². The lowest BCUT2D eigenvalue weighted by molar-refractivity contribution is -0.142. The molecule has 0 spiro atoms. The molecule has 0 bridgehead atoms. The fourth-order valence-electron chi connectivity index (χ4n) is 5.17. The molecule has 40 heavy (non-hydrogen) atoms. The third kappa shape index (κ3) is 6.33. The highest BCUT2D eigenvalue weighted by Crippen LogP contribution is 2.24. The molecule has 2 saturated heterocycles. The van der Waals surface area contributed by atoms with Crippen LogP contribution in [-0.4, -0.2) is 68.0 Å². The molecule has 0 saturated carbocycles. The van der Waals surface area contributed by atoms with Crippen molar-refractivity contribution in [2.45, 2.75) is 77.9 Å². The Hall–Kier alpha value is -3.79. The van der Waals surface area contributed by atoms with E-state index < -0.39 is 0 Å². The van der Waals surface area contributed by atoms with Crippen molar-refractivity contribution in [1.82, 2.24) is 24.5 Å². The first-order valence-electron chi connectivity index (χ1n) is 14.2. The Morgan fingerprint density at radius 3 is 2.60 bits per heavy atom. The minimum absolute atomic E-state index is 0.0750. The molecule has 1 unspecified atom stereocenters. The number of ether oxygens (including phenoxy) is 1. The molecular formula is C30H39N7O3. The van der Waals surface area contributed by atoms with Crippen LogP contribution in [0.15, 0.2) is 42.1 Å². The van der Waals surface area contributed by atoms with Crippen molar-refractivity contribution in [1.29, 1.82) is 0 Å². The number of rotatable bonds is 10. The van der Waals surface area contributed by atoms with Crippen molar-refractivity contribution >= 4 is 29.2 Å². The summed E-state index contributed by atoms with van der Waals surface area (Å²) in [6, 6.07) is 7.92. The number of allylic oxidation sites excluding steroid dienone is 1. The van der Waals surface area contributed by atoms with Gasteiger partial charge in [-0.2, -0.15) is 19.6 Å². The van der Waals surface area contributed by atoms with Gasteiger partial charge in [-0.3, -0.25) is 9.59 Å². The Balaban J connectivity index is 1.29. The number of fused-ring (bicyclic) bond motifs is 1. The maximum absolute atomic E-state index is 13.0. The fourth-order valence-corrected chi connectivity index (χ4v) is 5.17. The first-order valence-corrected chi connectivity index (χ1v) is 14.2. The number of carbonyl (C=O) groups is 2. The number of aromatic nitrogens is 4. The molecule has 0 aliphatic carbocycles. The molecule has 3 aromatic rings. The summed E-state index contributed by atoms with van der Waals surface area (Å²) in [5, 5.41) is 11.5. The first kappa shape index (κ1) is 27.8. The Labute approximate surface area is 235 Å². The minimum atomic E-state index is -0.337. The number of hydrogen-bond acceptors (Lipinski definition) is 8. The van der Waals surface area contributed by atoms with Crippen LogP contribution in [-0.2, 0) is 27.3 Å². The Morgan fingerprint density at radius 2 is 1.90 bits per heavy atom. The predicted octanol–water partition coefficient (Wildman–Crippen LogP) is 4.13. The number of amides is 1. The molecule has 2 aromatic heterocycles. The summed E-state index contributed by atoms with van der Waals surface area (Å²) >= 11 is 0. The molecule has 10 heteroatoms. The number of likely N-dealkylation sites (tertiary alicyclic amines) is 1. The number of nitrogens with zero attached hydrogens (tertiary/aromatic N) is 5. The van der Waals surface area contributed by atoms with Gasteiger partial charge in [-0.25, -0.2) is 0 Å². The molecule has 1 atom stereocenters. The third-order valence-electron chi connectivity index (χ3n) is 7.48. The lowest BCUT2D eigenvalue weighted by Gasteiger charge is -2.39. The molecule has 2 N–H and O–H groups in total. The van der Waals surface area contributed by atoms with Gasteiger partial charge in [-0.15, -0.1) is 0 Å². The maximum atomic E-state index is 13.0. The molecule has 4 heterocycles. The number of hydrogen-bond donors (Lipinski definition) is 2. The number of nitrogens with one attached hydrogen (secondary N) is 2. The number of benzene rings is 1. The van der Waals surface area contributed by atoms with Crippen LogP contribution < -0.4 is 10.6 Å². The second kappa shape index (κ2) is 12.2. The Morgan fingerprint density at radius 1 is 1.12 bits per heavy atom. The van der Waals surface area contributed by atoms with Crippen molar-refractivity contribution in [2.24, 2.45) is 0 Å². The quantitative estimate of drug-likeness (QED) is 0.366. The topological polar surface area (TPSA) is 114 Å². The summed E-state index contributed by atoms with van der Waals surface area (Å²) < 4.78 is 7.25. The van der Waals surface area contributed by atoms with E-state index >= 15 is 0 Å². The highest BCUT2D eigenvalue weighted by molar-refractivity contribution is 5.96. The summed E-state index contributed by atoms with van der Waals surface area (Å²) in [6.07, 6.45) is 6.31. The normalized spacial score (nSPS) is 17.5. The van der Waals surface area contributed by atoms with Crippen LogP contribution in [0.4, 0.5) is 11.9 Å². The second-order valence-electron chi connectivity index (χ2n) is 11.3. The van der Waals surface area contributed by atoms with Crippen LogP contribution in [0.1, 0.15) is 69.6 Å². The van der Waals surface area contributed by atoms with Gasteiger partial charge in [0.1, 0.15) is 0 Å². The van der Waals surface area contributed by atoms with Crippen molar-refractivity contribution in [3.8, 4) is 0 Å². The van der Waals surface area contributed by atoms with E-state index in [2.05, 4.69) is 29.6 Å². The zero-order valence-corrected chi connectivity index (χ0v) is 23.8. The van der Waals surface area contributed by atoms with E-state index in [1.54, 1.807) is 15.5 Å². The fraction of sp³-hybridized carbons (Fsp3) is 0.500. The first-order chi connectivity index (χ1) is 19.3. The second-order valence-corrected chi connectivity index (χ2v) is 11.3. The smallest absolute Gasteiger partial charge is 0.247 e. The number of carbonyl (C=O) groups excluding carboxylic acids is 2. The van der Waals surface area contributed by atoms with E-state index in [1.165, 1.54) is 0 Å². The molecule has 2 fully saturated rings. The van der Waals surface area contributed by atoms with Crippen LogP contribution in [0.2, 0.25) is 0 Å². The Kier molecular flexibility index (Phi) is 8.44. The van der Waals surface area contributed by atoms with Gasteiger partial charge >= 0.3 is 0 Å². The van der Waals surface area contributed by atoms with Crippen molar-refractivity contribution in [3.05, 3.63) is 58.8 Å². The molecule has 1 aromatic carbocycles. The maximum Gasteiger partial charge on any atom is 0.247 e. The highest BCUT2D eigenvalue weighted by atomic mass is 16.5. The summed E-state index contributed by atoms with van der Waals surface area (Å²) in [5.41, 5.74) is 4.74. The van der Waals surface area contributed by atoms with Crippen LogP contribution in [0.25, 0.3) is 5.65 Å². The van der Waals surface area contributed by atoms with E-state index in [9.17, 15) is 9.59 Å². The molecule has 0 radical (unpaired) electrons. The molecule has 1 amide bonds. The van der Waals surface area contributed by atoms with Crippen molar-refractivity contribution in [3.63, 3.8) is 0 Å². The number of Topliss-reactive ketones (excluding diaryl/α,β-unsaturated/α-hetero) is 1. The molecule has 5 rings (SSSR count). The molecule has 2 aliphatic rings. The van der Waals surface area contributed by atoms with Gasteiger partial charge in [0.25, 0.3) is 0 Å². The SMILES string of the molecule is CC(C)=CC(=O)N1CCC1C(=O)Cc1cccc(CNc2nc(NC3CCOCC3)nc3c(C(C)C)cnn23)c1. The molecular weight excluding hydrogens is 506 g/mol. The highest BCUT2D eigenvalue weighted by Gasteiger charge is 2.36. The predicted molar refractivity (Wildman–Crippen MR) is 154 cm³/mol. The van der Waals surface area contributed by atoms with Gasteiger partial charge < -0.3 is 20.3 Å². The van der Waals surface area contributed by atoms with Crippen LogP contribution in [0.3, 0.4) is 0 Å². The monoisotopic (exact) mass is 545 g/mol. The van der Waals surface area contributed by atoms with E-state index in [0.717, 1.165) is 60.4 Å². The standard InChI is InChI=1S/C30H39N7O3/c1-19(2)14-27(39)36-11-8-25(36)26(38)16-21-6-5-7-22(15-21)17-31-30-35-29(33-23-9-12-40-13-10-23)34-28-24(20(3)4)18-32-37(28)30/h5-7,14-15,18,20,23,25H,8-13,16-17H2,1-4H3,(H2,31,33,34,35). The van der Waals surface area contributed by atoms with Gasteiger partial charge in [0, 0.05) is 50.4 Å². The number of ketones is 1. The minimum Gasteiger partial charge on any atom is -0.381 e. The summed E-state index contributed by atoms with van der Waals surface area (Å²) in [6.45, 7) is 10.6. The van der Waals surface area contributed by atoms with Crippen molar-refractivity contribution in [2.75, 3.05) is 30.4 Å². The van der Waals surface area contributed by atoms with Gasteiger partial charge in [0.15, 0.2) is 11.4 Å². The Bertz CT molecular complexity index is 1400. The largest absolute Gasteiger partial charge is 0.381 e. The van der Waals surface area contributed by atoms with Gasteiger partial charge in [-0.1, -0.05) is 43.7 Å². The van der Waals surface area contributed by atoms with Crippen molar-refractivity contribution < 1.29 is 14.3 Å². The van der Waals surface area contributed by atoms with Crippen LogP contribution in [0, 0.1) is 0 Å². The van der Waals surface area contributed by atoms with Gasteiger partial charge in [0.05, 0.1) is 12.2 Å². The summed E-state index contributed by atoms with van der Waals surface area (Å²) in [7, 11) is 0. The molecule has 2 aliphatic heterocycles. The summed E-state index contributed by atoms with van der Waals surface area (Å²) in [5.74, 6) is 1.45. The third-order valence-corrected chi connectivity index (χ3v) is 7.48. The average molecular weight is 546 g/mol. The lowest BCUT2D eigenvalue weighted by atomic mass is 9.93. The van der Waals surface area contributed by atoms with E-state index in [0.29, 0.717) is 31.4 Å². The lowest BCUT2D eigenvalue weighted by Crippen LogP contribution is -2.55. The van der Waals surface area contributed by atoms with Crippen LogP contribution >= 0.6 is 0 Å². The van der Waals surface area contributed by atoms with E-state index in [-0.39, 0.29) is 29.7 Å². The van der Waals surface area contributed by atoms with E-state index in [4.69, 9.17) is 14.7 Å². The zero-order chi connectivity index (χ0) is 28.2. The zero-order valence-electron chi connectivity index (χ0n) is 23.8. The van der Waals surface area contributed by atoms with E-state index in [1.807, 2.05) is 44.3 Å².